The summed E-state index contributed by atoms with van der Waals surface area (Å²) in [5.74, 6) is 0.453. The standard InChI is InChI=1S/C16H26N2O2S/c1-6-17-14-9-11(2)15(12(3)10-14)21(19,20)18-16(4,5)13-7-8-13/h9-10,13,17-18H,6-8H2,1-5H3. The van der Waals surface area contributed by atoms with E-state index in [-0.39, 0.29) is 5.54 Å². The second-order valence-corrected chi connectivity index (χ2v) is 8.19. The van der Waals surface area contributed by atoms with Crippen LogP contribution in [0.15, 0.2) is 17.0 Å². The van der Waals surface area contributed by atoms with Gasteiger partial charge in [0.05, 0.1) is 4.90 Å². The number of hydrogen-bond acceptors (Lipinski definition) is 3. The third kappa shape index (κ3) is 3.58. The molecule has 0 bridgehead atoms. The summed E-state index contributed by atoms with van der Waals surface area (Å²) in [5, 5.41) is 3.23. The molecule has 118 valence electrons. The van der Waals surface area contributed by atoms with E-state index in [1.165, 1.54) is 0 Å². The largest absolute Gasteiger partial charge is 0.385 e. The molecule has 0 radical (unpaired) electrons. The molecule has 0 spiro atoms. The zero-order valence-electron chi connectivity index (χ0n) is 13.6. The average Bonchev–Trinajstić information content (AvgIpc) is 3.09. The number of nitrogens with one attached hydrogen (secondary N) is 2. The molecule has 0 saturated heterocycles. The van der Waals surface area contributed by atoms with Crippen LogP contribution < -0.4 is 10.0 Å². The molecule has 0 unspecified atom stereocenters. The Labute approximate surface area is 128 Å². The average molecular weight is 310 g/mol. The molecular weight excluding hydrogens is 284 g/mol. The van der Waals surface area contributed by atoms with Gasteiger partial charge in [-0.05, 0) is 76.6 Å². The number of anilines is 1. The smallest absolute Gasteiger partial charge is 0.241 e. The summed E-state index contributed by atoms with van der Waals surface area (Å²) in [7, 11) is -3.49. The lowest BCUT2D eigenvalue weighted by atomic mass is 10.0. The van der Waals surface area contributed by atoms with Crippen molar-refractivity contribution >= 4 is 15.7 Å². The molecule has 0 heterocycles. The van der Waals surface area contributed by atoms with Gasteiger partial charge in [-0.25, -0.2) is 13.1 Å². The minimum atomic E-state index is -3.49. The SMILES string of the molecule is CCNc1cc(C)c(S(=O)(=O)NC(C)(C)C2CC2)c(C)c1. The molecule has 0 atom stereocenters. The first-order chi connectivity index (χ1) is 9.67. The molecule has 2 N–H and O–H groups in total. The van der Waals surface area contributed by atoms with E-state index in [2.05, 4.69) is 10.0 Å². The van der Waals surface area contributed by atoms with Crippen molar-refractivity contribution in [3.8, 4) is 0 Å². The van der Waals surface area contributed by atoms with Crippen molar-refractivity contribution in [1.82, 2.24) is 4.72 Å². The molecule has 1 saturated carbocycles. The van der Waals surface area contributed by atoms with E-state index in [0.29, 0.717) is 10.8 Å². The fourth-order valence-corrected chi connectivity index (χ4v) is 4.89. The molecule has 2 rings (SSSR count). The normalized spacial score (nSPS) is 16.0. The summed E-state index contributed by atoms with van der Waals surface area (Å²) in [4.78, 5) is 0.415. The maximum Gasteiger partial charge on any atom is 0.241 e. The number of aryl methyl sites for hydroxylation is 2. The van der Waals surface area contributed by atoms with E-state index >= 15 is 0 Å². The van der Waals surface area contributed by atoms with Crippen LogP contribution in [0.3, 0.4) is 0 Å². The second kappa shape index (κ2) is 5.61. The van der Waals surface area contributed by atoms with E-state index in [9.17, 15) is 8.42 Å². The Balaban J connectivity index is 2.35. The molecule has 1 aliphatic carbocycles. The maximum absolute atomic E-state index is 12.8. The van der Waals surface area contributed by atoms with Gasteiger partial charge in [0.15, 0.2) is 0 Å². The Morgan fingerprint density at radius 2 is 1.71 bits per heavy atom. The second-order valence-electron chi connectivity index (χ2n) is 6.57. The van der Waals surface area contributed by atoms with E-state index in [1.807, 2.05) is 46.8 Å². The lowest BCUT2D eigenvalue weighted by Gasteiger charge is -2.27. The summed E-state index contributed by atoms with van der Waals surface area (Å²) in [6.45, 7) is 10.5. The van der Waals surface area contributed by atoms with Crippen molar-refractivity contribution in [1.29, 1.82) is 0 Å². The Morgan fingerprint density at radius 1 is 1.19 bits per heavy atom. The Morgan fingerprint density at radius 3 is 2.14 bits per heavy atom. The van der Waals surface area contributed by atoms with Crippen LogP contribution >= 0.6 is 0 Å². The van der Waals surface area contributed by atoms with Crippen molar-refractivity contribution < 1.29 is 8.42 Å². The zero-order valence-corrected chi connectivity index (χ0v) is 14.4. The number of hydrogen-bond donors (Lipinski definition) is 2. The molecule has 5 heteroatoms. The first kappa shape index (κ1) is 16.3. The molecule has 1 aliphatic rings. The number of sulfonamides is 1. The molecule has 0 aromatic heterocycles. The van der Waals surface area contributed by atoms with Gasteiger partial charge >= 0.3 is 0 Å². The maximum atomic E-state index is 12.8. The van der Waals surface area contributed by atoms with Gasteiger partial charge in [-0.3, -0.25) is 0 Å². The highest BCUT2D eigenvalue weighted by atomic mass is 32.2. The van der Waals surface area contributed by atoms with Crippen molar-refractivity contribution in [3.63, 3.8) is 0 Å². The molecule has 1 aromatic carbocycles. The highest BCUT2D eigenvalue weighted by Gasteiger charge is 2.41. The topological polar surface area (TPSA) is 58.2 Å². The quantitative estimate of drug-likeness (QED) is 0.848. The number of rotatable bonds is 6. The Bertz CT molecular complexity index is 609. The Kier molecular flexibility index (Phi) is 4.36. The fourth-order valence-electron chi connectivity index (χ4n) is 2.97. The molecular formula is C16H26N2O2S. The molecule has 1 aromatic rings. The van der Waals surface area contributed by atoms with Gasteiger partial charge in [0.25, 0.3) is 0 Å². The van der Waals surface area contributed by atoms with Crippen molar-refractivity contribution in [2.45, 2.75) is 57.9 Å². The highest BCUT2D eigenvalue weighted by molar-refractivity contribution is 7.89. The van der Waals surface area contributed by atoms with E-state index < -0.39 is 10.0 Å². The highest BCUT2D eigenvalue weighted by Crippen LogP contribution is 2.40. The fraction of sp³-hybridized carbons (Fsp3) is 0.625. The van der Waals surface area contributed by atoms with Crippen LogP contribution in [0.5, 0.6) is 0 Å². The van der Waals surface area contributed by atoms with Crippen molar-refractivity contribution in [3.05, 3.63) is 23.3 Å². The van der Waals surface area contributed by atoms with Crippen molar-refractivity contribution in [2.24, 2.45) is 5.92 Å². The lowest BCUT2D eigenvalue weighted by molar-refractivity contribution is 0.400. The van der Waals surface area contributed by atoms with Crippen LogP contribution in [-0.4, -0.2) is 20.5 Å². The third-order valence-electron chi connectivity index (χ3n) is 4.11. The van der Waals surface area contributed by atoms with Crippen LogP contribution in [0.25, 0.3) is 0 Å². The van der Waals surface area contributed by atoms with Crippen LogP contribution in [0.2, 0.25) is 0 Å². The van der Waals surface area contributed by atoms with Crippen LogP contribution in [0.4, 0.5) is 5.69 Å². The summed E-state index contributed by atoms with van der Waals surface area (Å²) in [6.07, 6.45) is 2.21. The molecule has 0 aliphatic heterocycles. The van der Waals surface area contributed by atoms with E-state index in [0.717, 1.165) is 36.2 Å². The van der Waals surface area contributed by atoms with Gasteiger partial charge in [0, 0.05) is 17.8 Å². The van der Waals surface area contributed by atoms with Crippen LogP contribution in [0, 0.1) is 19.8 Å². The first-order valence-corrected chi connectivity index (χ1v) is 9.05. The molecule has 4 nitrogen and oxygen atoms in total. The van der Waals surface area contributed by atoms with Crippen LogP contribution in [0.1, 0.15) is 44.7 Å². The van der Waals surface area contributed by atoms with Gasteiger partial charge in [-0.15, -0.1) is 0 Å². The zero-order chi connectivity index (χ0) is 15.8. The number of benzene rings is 1. The van der Waals surface area contributed by atoms with Crippen molar-refractivity contribution in [2.75, 3.05) is 11.9 Å². The van der Waals surface area contributed by atoms with Gasteiger partial charge in [-0.1, -0.05) is 0 Å². The van der Waals surface area contributed by atoms with Gasteiger partial charge in [-0.2, -0.15) is 0 Å². The van der Waals surface area contributed by atoms with E-state index in [4.69, 9.17) is 0 Å². The minimum Gasteiger partial charge on any atom is -0.385 e. The lowest BCUT2D eigenvalue weighted by Crippen LogP contribution is -2.45. The first-order valence-electron chi connectivity index (χ1n) is 7.56. The summed E-state index contributed by atoms with van der Waals surface area (Å²) in [6, 6.07) is 3.80. The molecule has 0 amide bonds. The molecule has 21 heavy (non-hydrogen) atoms. The third-order valence-corrected chi connectivity index (χ3v) is 6.08. The van der Waals surface area contributed by atoms with E-state index in [1.54, 1.807) is 0 Å². The summed E-state index contributed by atoms with van der Waals surface area (Å²) in [5.41, 5.74) is 2.15. The van der Waals surface area contributed by atoms with Gasteiger partial charge in [0.2, 0.25) is 10.0 Å². The predicted octanol–water partition coefficient (Wildman–Crippen LogP) is 3.20. The summed E-state index contributed by atoms with van der Waals surface area (Å²) >= 11 is 0. The predicted molar refractivity (Wildman–Crippen MR) is 87.2 cm³/mol. The Hall–Kier alpha value is -1.07. The molecule has 1 fully saturated rings. The van der Waals surface area contributed by atoms with Gasteiger partial charge < -0.3 is 5.32 Å². The summed E-state index contributed by atoms with van der Waals surface area (Å²) < 4.78 is 28.4. The minimum absolute atomic E-state index is 0.377. The van der Waals surface area contributed by atoms with Crippen LogP contribution in [-0.2, 0) is 10.0 Å². The van der Waals surface area contributed by atoms with Gasteiger partial charge in [0.1, 0.15) is 0 Å². The monoisotopic (exact) mass is 310 g/mol.